The highest BCUT2D eigenvalue weighted by molar-refractivity contribution is 6.30. The first kappa shape index (κ1) is 13.8. The van der Waals surface area contributed by atoms with Gasteiger partial charge in [0, 0.05) is 17.3 Å². The van der Waals surface area contributed by atoms with Gasteiger partial charge in [-0.15, -0.1) is 0 Å². The van der Waals surface area contributed by atoms with Crippen LogP contribution < -0.4 is 16.0 Å². The summed E-state index contributed by atoms with van der Waals surface area (Å²) < 4.78 is 0. The van der Waals surface area contributed by atoms with Crippen molar-refractivity contribution < 1.29 is 9.59 Å². The maximum absolute atomic E-state index is 11.7. The molecule has 2 amide bonds. The summed E-state index contributed by atoms with van der Waals surface area (Å²) >= 11 is 5.76. The van der Waals surface area contributed by atoms with E-state index in [-0.39, 0.29) is 24.4 Å². The lowest BCUT2D eigenvalue weighted by molar-refractivity contribution is -0.124. The van der Waals surface area contributed by atoms with Crippen LogP contribution in [0.3, 0.4) is 0 Å². The minimum atomic E-state index is -0.273. The van der Waals surface area contributed by atoms with E-state index in [0.717, 1.165) is 12.8 Å². The molecule has 1 aliphatic heterocycles. The summed E-state index contributed by atoms with van der Waals surface area (Å²) in [6.07, 6.45) is 1.70. The van der Waals surface area contributed by atoms with E-state index < -0.39 is 0 Å². The summed E-state index contributed by atoms with van der Waals surface area (Å²) in [6.45, 7) is 0.828. The van der Waals surface area contributed by atoms with E-state index in [1.807, 2.05) is 0 Å². The van der Waals surface area contributed by atoms with Crippen LogP contribution in [0.1, 0.15) is 12.8 Å². The Hall–Kier alpha value is -1.59. The van der Waals surface area contributed by atoms with Gasteiger partial charge in [0.25, 0.3) is 0 Å². The number of carbonyl (C=O) groups is 2. The van der Waals surface area contributed by atoms with Gasteiger partial charge in [0.2, 0.25) is 11.8 Å². The zero-order valence-corrected chi connectivity index (χ0v) is 11.2. The Morgan fingerprint density at radius 2 is 2.11 bits per heavy atom. The van der Waals surface area contributed by atoms with Crippen LogP contribution in [0.4, 0.5) is 5.69 Å². The molecule has 0 bridgehead atoms. The van der Waals surface area contributed by atoms with Crippen molar-refractivity contribution in [2.45, 2.75) is 18.9 Å². The molecule has 0 spiro atoms. The number of hydrogen-bond acceptors (Lipinski definition) is 3. The molecule has 0 aromatic heterocycles. The van der Waals surface area contributed by atoms with Gasteiger partial charge in [-0.2, -0.15) is 0 Å². The van der Waals surface area contributed by atoms with Gasteiger partial charge in [-0.1, -0.05) is 11.6 Å². The van der Waals surface area contributed by atoms with Crippen LogP contribution in [0.25, 0.3) is 0 Å². The number of piperidine rings is 1. The lowest BCUT2D eigenvalue weighted by Gasteiger charge is -2.22. The predicted octanol–water partition coefficient (Wildman–Crippen LogP) is 1.15. The lowest BCUT2D eigenvalue weighted by Crippen LogP contribution is -2.50. The standard InChI is InChI=1S/C13H16ClN3O2/c14-9-3-5-10(6-4-9)17-12(18)8-16-11-2-1-7-15-13(11)19/h3-6,11,16H,1-2,7-8H2,(H,15,19)(H,17,18). The Balaban J connectivity index is 1.78. The lowest BCUT2D eigenvalue weighted by atomic mass is 10.1. The number of hydrogen-bond donors (Lipinski definition) is 3. The maximum Gasteiger partial charge on any atom is 0.238 e. The Labute approximate surface area is 116 Å². The van der Waals surface area contributed by atoms with Gasteiger partial charge in [0.05, 0.1) is 12.6 Å². The van der Waals surface area contributed by atoms with Crippen LogP contribution >= 0.6 is 11.6 Å². The average molecular weight is 282 g/mol. The normalized spacial score (nSPS) is 18.8. The summed E-state index contributed by atoms with van der Waals surface area (Å²) in [5.41, 5.74) is 0.685. The van der Waals surface area contributed by atoms with E-state index in [9.17, 15) is 9.59 Å². The van der Waals surface area contributed by atoms with Gasteiger partial charge in [-0.25, -0.2) is 0 Å². The topological polar surface area (TPSA) is 70.2 Å². The molecule has 0 aliphatic carbocycles. The summed E-state index contributed by atoms with van der Waals surface area (Å²) in [7, 11) is 0. The van der Waals surface area contributed by atoms with Crippen LogP contribution in [0, 0.1) is 0 Å². The third-order valence-electron chi connectivity index (χ3n) is 2.92. The van der Waals surface area contributed by atoms with Crippen molar-refractivity contribution >= 4 is 29.1 Å². The van der Waals surface area contributed by atoms with E-state index in [1.54, 1.807) is 24.3 Å². The highest BCUT2D eigenvalue weighted by Crippen LogP contribution is 2.13. The molecule has 5 nitrogen and oxygen atoms in total. The number of anilines is 1. The van der Waals surface area contributed by atoms with Crippen molar-refractivity contribution in [2.75, 3.05) is 18.4 Å². The molecular weight excluding hydrogens is 266 g/mol. The highest BCUT2D eigenvalue weighted by Gasteiger charge is 2.21. The van der Waals surface area contributed by atoms with Gasteiger partial charge >= 0.3 is 0 Å². The average Bonchev–Trinajstić information content (AvgIpc) is 2.40. The monoisotopic (exact) mass is 281 g/mol. The van der Waals surface area contributed by atoms with Crippen LogP contribution in [0.15, 0.2) is 24.3 Å². The molecular formula is C13H16ClN3O2. The second-order valence-electron chi connectivity index (χ2n) is 4.42. The van der Waals surface area contributed by atoms with Gasteiger partial charge in [0.1, 0.15) is 0 Å². The quantitative estimate of drug-likeness (QED) is 0.775. The van der Waals surface area contributed by atoms with Crippen LogP contribution in [0.5, 0.6) is 0 Å². The van der Waals surface area contributed by atoms with Crippen molar-refractivity contribution in [1.82, 2.24) is 10.6 Å². The van der Waals surface area contributed by atoms with E-state index in [2.05, 4.69) is 16.0 Å². The van der Waals surface area contributed by atoms with Crippen molar-refractivity contribution in [3.8, 4) is 0 Å². The Morgan fingerprint density at radius 3 is 2.79 bits per heavy atom. The summed E-state index contributed by atoms with van der Waals surface area (Å²) in [5.74, 6) is -0.216. The van der Waals surface area contributed by atoms with Crippen LogP contribution in [-0.2, 0) is 9.59 Å². The Kier molecular flexibility index (Phi) is 4.76. The molecule has 6 heteroatoms. The molecule has 102 valence electrons. The molecule has 1 aliphatic rings. The number of rotatable bonds is 4. The first-order valence-electron chi connectivity index (χ1n) is 6.21. The van der Waals surface area contributed by atoms with E-state index in [0.29, 0.717) is 17.3 Å². The van der Waals surface area contributed by atoms with Crippen molar-refractivity contribution in [3.05, 3.63) is 29.3 Å². The second kappa shape index (κ2) is 6.54. The fourth-order valence-electron chi connectivity index (χ4n) is 1.92. The molecule has 19 heavy (non-hydrogen) atoms. The van der Waals surface area contributed by atoms with Gasteiger partial charge in [-0.05, 0) is 37.1 Å². The molecule has 1 unspecified atom stereocenters. The maximum atomic E-state index is 11.7. The van der Waals surface area contributed by atoms with Crippen LogP contribution in [-0.4, -0.2) is 30.9 Å². The molecule has 1 heterocycles. The number of benzene rings is 1. The van der Waals surface area contributed by atoms with Gasteiger partial charge in [0.15, 0.2) is 0 Å². The Bertz CT molecular complexity index is 461. The van der Waals surface area contributed by atoms with Crippen molar-refractivity contribution in [2.24, 2.45) is 0 Å². The smallest absolute Gasteiger partial charge is 0.238 e. The fourth-order valence-corrected chi connectivity index (χ4v) is 2.05. The fraction of sp³-hybridized carbons (Fsp3) is 0.385. The largest absolute Gasteiger partial charge is 0.355 e. The number of halogens is 1. The summed E-state index contributed by atoms with van der Waals surface area (Å²) in [4.78, 5) is 23.2. The first-order valence-corrected chi connectivity index (χ1v) is 6.59. The Morgan fingerprint density at radius 1 is 1.37 bits per heavy atom. The minimum absolute atomic E-state index is 0.0365. The number of nitrogens with one attached hydrogen (secondary N) is 3. The molecule has 0 radical (unpaired) electrons. The van der Waals surface area contributed by atoms with Gasteiger partial charge < -0.3 is 10.6 Å². The third-order valence-corrected chi connectivity index (χ3v) is 3.17. The third kappa shape index (κ3) is 4.22. The van der Waals surface area contributed by atoms with E-state index in [4.69, 9.17) is 11.6 Å². The predicted molar refractivity (Wildman–Crippen MR) is 74.1 cm³/mol. The molecule has 1 fully saturated rings. The van der Waals surface area contributed by atoms with Gasteiger partial charge in [-0.3, -0.25) is 14.9 Å². The minimum Gasteiger partial charge on any atom is -0.355 e. The molecule has 1 saturated heterocycles. The second-order valence-corrected chi connectivity index (χ2v) is 4.86. The molecule has 1 aromatic rings. The molecule has 0 saturated carbocycles. The molecule has 1 aromatic carbocycles. The number of amides is 2. The zero-order chi connectivity index (χ0) is 13.7. The molecule has 1 atom stereocenters. The SMILES string of the molecule is O=C(CNC1CCCNC1=O)Nc1ccc(Cl)cc1. The highest BCUT2D eigenvalue weighted by atomic mass is 35.5. The van der Waals surface area contributed by atoms with E-state index in [1.165, 1.54) is 0 Å². The molecule has 2 rings (SSSR count). The van der Waals surface area contributed by atoms with Crippen molar-refractivity contribution in [3.63, 3.8) is 0 Å². The molecule has 3 N–H and O–H groups in total. The summed E-state index contributed by atoms with van der Waals surface area (Å²) in [5, 5.41) is 9.07. The first-order chi connectivity index (χ1) is 9.15. The van der Waals surface area contributed by atoms with Crippen LogP contribution in [0.2, 0.25) is 5.02 Å². The number of carbonyl (C=O) groups excluding carboxylic acids is 2. The summed E-state index contributed by atoms with van der Waals surface area (Å²) in [6, 6.07) is 6.60. The van der Waals surface area contributed by atoms with E-state index >= 15 is 0 Å². The zero-order valence-electron chi connectivity index (χ0n) is 10.4. The van der Waals surface area contributed by atoms with Crippen molar-refractivity contribution in [1.29, 1.82) is 0 Å².